The first-order valence-corrected chi connectivity index (χ1v) is 11.9. The molecule has 0 saturated carbocycles. The molecule has 2 aromatic carbocycles. The Morgan fingerprint density at radius 2 is 2.00 bits per heavy atom. The standard InChI is InChI=1S/C27H29N3O6/c1-4-5-10-28-27(33)20-14-36-25(29-20)13-30-21-12-19(7-9-24(21)35-16-26(30)32)22(31)15-34-23-8-6-17(2)11-18(23)3/h6-9,11-12,14H,4-5,10,13,15-16H2,1-3H3,(H,28,33). The van der Waals surface area contributed by atoms with Crippen LogP contribution in [0.1, 0.15) is 57.6 Å². The Morgan fingerprint density at radius 3 is 2.78 bits per heavy atom. The molecule has 1 aliphatic heterocycles. The van der Waals surface area contributed by atoms with Gasteiger partial charge < -0.3 is 19.2 Å². The predicted molar refractivity (Wildman–Crippen MR) is 133 cm³/mol. The first kappa shape index (κ1) is 25.0. The Balaban J connectivity index is 1.47. The topological polar surface area (TPSA) is 111 Å². The monoisotopic (exact) mass is 491 g/mol. The fraction of sp³-hybridized carbons (Fsp3) is 0.333. The number of carbonyl (C=O) groups is 3. The minimum Gasteiger partial charge on any atom is -0.485 e. The lowest BCUT2D eigenvalue weighted by molar-refractivity contribution is -0.121. The third-order valence-electron chi connectivity index (χ3n) is 5.81. The molecule has 36 heavy (non-hydrogen) atoms. The lowest BCUT2D eigenvalue weighted by Crippen LogP contribution is -2.38. The van der Waals surface area contributed by atoms with E-state index < -0.39 is 0 Å². The number of ketones is 1. The van der Waals surface area contributed by atoms with Crippen molar-refractivity contribution in [2.75, 3.05) is 24.7 Å². The zero-order valence-electron chi connectivity index (χ0n) is 20.6. The van der Waals surface area contributed by atoms with Gasteiger partial charge in [-0.1, -0.05) is 31.0 Å². The number of amides is 2. The first-order chi connectivity index (χ1) is 17.4. The number of carbonyl (C=O) groups excluding carboxylic acids is 3. The van der Waals surface area contributed by atoms with Crippen molar-refractivity contribution in [1.29, 1.82) is 0 Å². The lowest BCUT2D eigenvalue weighted by Gasteiger charge is -2.28. The van der Waals surface area contributed by atoms with Crippen LogP contribution in [-0.4, -0.2) is 42.3 Å². The number of fused-ring (bicyclic) bond motifs is 1. The van der Waals surface area contributed by atoms with Gasteiger partial charge in [-0.3, -0.25) is 19.3 Å². The molecule has 2 amide bonds. The van der Waals surface area contributed by atoms with Gasteiger partial charge in [-0.15, -0.1) is 0 Å². The summed E-state index contributed by atoms with van der Waals surface area (Å²) in [4.78, 5) is 43.4. The predicted octanol–water partition coefficient (Wildman–Crippen LogP) is 4.01. The Hall–Kier alpha value is -4.14. The number of anilines is 1. The second-order valence-corrected chi connectivity index (χ2v) is 8.67. The highest BCUT2D eigenvalue weighted by Gasteiger charge is 2.28. The van der Waals surface area contributed by atoms with Crippen LogP contribution in [0.25, 0.3) is 0 Å². The third kappa shape index (κ3) is 5.73. The summed E-state index contributed by atoms with van der Waals surface area (Å²) < 4.78 is 16.7. The van der Waals surface area contributed by atoms with E-state index in [4.69, 9.17) is 13.9 Å². The number of aromatic nitrogens is 1. The zero-order chi connectivity index (χ0) is 25.7. The van der Waals surface area contributed by atoms with Crippen molar-refractivity contribution in [3.63, 3.8) is 0 Å². The summed E-state index contributed by atoms with van der Waals surface area (Å²) in [6.45, 7) is 6.20. The largest absolute Gasteiger partial charge is 0.485 e. The number of Topliss-reactive ketones (excluding diaryl/α,β-unsaturated/α-hetero) is 1. The van der Waals surface area contributed by atoms with Gasteiger partial charge in [0.15, 0.2) is 24.7 Å². The Bertz CT molecular complexity index is 1280. The average molecular weight is 492 g/mol. The van der Waals surface area contributed by atoms with Crippen molar-refractivity contribution in [2.45, 2.75) is 40.2 Å². The van der Waals surface area contributed by atoms with E-state index in [9.17, 15) is 14.4 Å². The Kier molecular flexibility index (Phi) is 7.68. The maximum absolute atomic E-state index is 12.9. The van der Waals surface area contributed by atoms with Crippen molar-refractivity contribution < 1.29 is 28.3 Å². The van der Waals surface area contributed by atoms with Crippen molar-refractivity contribution in [3.8, 4) is 11.5 Å². The van der Waals surface area contributed by atoms with E-state index in [0.717, 1.165) is 24.0 Å². The maximum atomic E-state index is 12.9. The van der Waals surface area contributed by atoms with E-state index in [1.807, 2.05) is 39.0 Å². The lowest BCUT2D eigenvalue weighted by atomic mass is 10.1. The van der Waals surface area contributed by atoms with Gasteiger partial charge in [-0.25, -0.2) is 4.98 Å². The summed E-state index contributed by atoms with van der Waals surface area (Å²) in [7, 11) is 0. The van der Waals surface area contributed by atoms with Crippen molar-refractivity contribution in [2.24, 2.45) is 0 Å². The van der Waals surface area contributed by atoms with Crippen LogP contribution in [0.15, 0.2) is 47.1 Å². The molecule has 0 fully saturated rings. The number of aryl methyl sites for hydroxylation is 2. The van der Waals surface area contributed by atoms with Gasteiger partial charge in [0.25, 0.3) is 11.8 Å². The number of benzene rings is 2. The van der Waals surface area contributed by atoms with Gasteiger partial charge in [0, 0.05) is 12.1 Å². The molecule has 0 radical (unpaired) electrons. The van der Waals surface area contributed by atoms with E-state index >= 15 is 0 Å². The normalized spacial score (nSPS) is 12.6. The molecule has 0 unspecified atom stereocenters. The third-order valence-corrected chi connectivity index (χ3v) is 5.81. The van der Waals surface area contributed by atoms with Crippen molar-refractivity contribution in [3.05, 3.63) is 70.9 Å². The molecular formula is C27H29N3O6. The molecule has 0 bridgehead atoms. The fourth-order valence-corrected chi connectivity index (χ4v) is 3.83. The summed E-state index contributed by atoms with van der Waals surface area (Å²) in [5, 5.41) is 2.78. The van der Waals surface area contributed by atoms with E-state index in [1.165, 1.54) is 11.2 Å². The molecule has 9 nitrogen and oxygen atoms in total. The molecule has 3 aromatic rings. The van der Waals surface area contributed by atoms with Crippen LogP contribution >= 0.6 is 0 Å². The van der Waals surface area contributed by atoms with Crippen molar-refractivity contribution >= 4 is 23.3 Å². The molecule has 1 aliphatic rings. The number of hydrogen-bond acceptors (Lipinski definition) is 7. The van der Waals surface area contributed by atoms with Crippen LogP contribution in [0.4, 0.5) is 5.69 Å². The SMILES string of the molecule is CCCCNC(=O)c1coc(CN2C(=O)COc3ccc(C(=O)COc4ccc(C)cc4C)cc32)n1. The van der Waals surface area contributed by atoms with Crippen LogP contribution in [0.3, 0.4) is 0 Å². The number of oxazole rings is 1. The van der Waals surface area contributed by atoms with Gasteiger partial charge >= 0.3 is 0 Å². The number of rotatable bonds is 10. The molecule has 9 heteroatoms. The van der Waals surface area contributed by atoms with Crippen LogP contribution in [0.5, 0.6) is 11.5 Å². The van der Waals surface area contributed by atoms with Crippen LogP contribution in [0.2, 0.25) is 0 Å². The molecule has 0 aliphatic carbocycles. The summed E-state index contributed by atoms with van der Waals surface area (Å²) >= 11 is 0. The van der Waals surface area contributed by atoms with Crippen LogP contribution < -0.4 is 19.7 Å². The van der Waals surface area contributed by atoms with E-state index in [0.29, 0.717) is 29.3 Å². The Morgan fingerprint density at radius 1 is 1.17 bits per heavy atom. The molecule has 1 N–H and O–H groups in total. The van der Waals surface area contributed by atoms with E-state index in [-0.39, 0.29) is 48.9 Å². The maximum Gasteiger partial charge on any atom is 0.273 e. The van der Waals surface area contributed by atoms with Gasteiger partial charge in [0.1, 0.15) is 24.3 Å². The zero-order valence-corrected chi connectivity index (χ0v) is 20.6. The highest BCUT2D eigenvalue weighted by atomic mass is 16.5. The van der Waals surface area contributed by atoms with E-state index in [2.05, 4.69) is 10.3 Å². The minimum absolute atomic E-state index is 0.00582. The quantitative estimate of drug-likeness (QED) is 0.337. The smallest absolute Gasteiger partial charge is 0.273 e. The summed E-state index contributed by atoms with van der Waals surface area (Å²) in [6, 6.07) is 10.7. The number of ether oxygens (including phenoxy) is 2. The van der Waals surface area contributed by atoms with Gasteiger partial charge in [-0.2, -0.15) is 0 Å². The summed E-state index contributed by atoms with van der Waals surface area (Å²) in [5.74, 6) is 0.426. The molecule has 2 heterocycles. The Labute approximate surface area is 209 Å². The number of hydrogen-bond donors (Lipinski definition) is 1. The molecule has 0 saturated heterocycles. The average Bonchev–Trinajstić information content (AvgIpc) is 3.34. The van der Waals surface area contributed by atoms with Gasteiger partial charge in [-0.05, 0) is 50.1 Å². The highest BCUT2D eigenvalue weighted by molar-refractivity contribution is 6.02. The number of unbranched alkanes of at least 4 members (excludes halogenated alkanes) is 1. The number of nitrogens with one attached hydrogen (secondary N) is 1. The highest BCUT2D eigenvalue weighted by Crippen LogP contribution is 2.34. The van der Waals surface area contributed by atoms with Crippen LogP contribution in [0, 0.1) is 13.8 Å². The summed E-state index contributed by atoms with van der Waals surface area (Å²) in [5.41, 5.74) is 3.01. The van der Waals surface area contributed by atoms with Crippen molar-refractivity contribution in [1.82, 2.24) is 10.3 Å². The first-order valence-electron chi connectivity index (χ1n) is 11.9. The van der Waals surface area contributed by atoms with Crippen LogP contribution in [-0.2, 0) is 11.3 Å². The minimum atomic E-state index is -0.330. The number of nitrogens with zero attached hydrogens (tertiary/aromatic N) is 2. The second kappa shape index (κ2) is 11.1. The van der Waals surface area contributed by atoms with E-state index in [1.54, 1.807) is 18.2 Å². The van der Waals surface area contributed by atoms with Gasteiger partial charge in [0.05, 0.1) is 5.69 Å². The second-order valence-electron chi connectivity index (χ2n) is 8.67. The molecule has 0 spiro atoms. The molecule has 0 atom stereocenters. The molecule has 4 rings (SSSR count). The fourth-order valence-electron chi connectivity index (χ4n) is 3.83. The molecular weight excluding hydrogens is 462 g/mol. The van der Waals surface area contributed by atoms with Gasteiger partial charge in [0.2, 0.25) is 5.89 Å². The molecule has 1 aromatic heterocycles. The molecule has 188 valence electrons. The summed E-state index contributed by atoms with van der Waals surface area (Å²) in [6.07, 6.45) is 3.10.